The van der Waals surface area contributed by atoms with Crippen LogP contribution in [0.2, 0.25) is 0 Å². The fourth-order valence-electron chi connectivity index (χ4n) is 1.74. The topological polar surface area (TPSA) is 72.9 Å². The van der Waals surface area contributed by atoms with Gasteiger partial charge in [-0.3, -0.25) is 14.5 Å². The average Bonchev–Trinajstić information content (AvgIpc) is 2.82. The SMILES string of the molecule is C#CCN1C(=O)SC(=Cc2ccc(OCC(=O)OC)cc2)C1=O. The van der Waals surface area contributed by atoms with Gasteiger partial charge in [-0.2, -0.15) is 0 Å². The van der Waals surface area contributed by atoms with E-state index in [1.54, 1.807) is 30.3 Å². The Balaban J connectivity index is 2.06. The molecule has 1 aromatic rings. The largest absolute Gasteiger partial charge is 0.482 e. The molecule has 0 aliphatic carbocycles. The number of terminal acetylenes is 1. The number of carbonyl (C=O) groups excluding carboxylic acids is 3. The van der Waals surface area contributed by atoms with E-state index in [1.165, 1.54) is 7.11 Å². The molecule has 0 saturated carbocycles. The molecule has 118 valence electrons. The summed E-state index contributed by atoms with van der Waals surface area (Å²) in [4.78, 5) is 36.0. The Morgan fingerprint density at radius 1 is 1.35 bits per heavy atom. The molecule has 1 saturated heterocycles. The van der Waals surface area contributed by atoms with Crippen LogP contribution in [0.5, 0.6) is 5.75 Å². The molecule has 6 nitrogen and oxygen atoms in total. The van der Waals surface area contributed by atoms with E-state index in [-0.39, 0.29) is 18.4 Å². The minimum atomic E-state index is -0.476. The highest BCUT2D eigenvalue weighted by atomic mass is 32.2. The zero-order valence-electron chi connectivity index (χ0n) is 12.3. The van der Waals surface area contributed by atoms with Gasteiger partial charge in [0.2, 0.25) is 0 Å². The lowest BCUT2D eigenvalue weighted by Crippen LogP contribution is -2.28. The first-order chi connectivity index (χ1) is 11.0. The summed E-state index contributed by atoms with van der Waals surface area (Å²) in [6.45, 7) is -0.219. The van der Waals surface area contributed by atoms with Crippen LogP contribution in [-0.2, 0) is 14.3 Å². The Bertz CT molecular complexity index is 702. The summed E-state index contributed by atoms with van der Waals surface area (Å²) in [5.74, 6) is 1.90. The maximum Gasteiger partial charge on any atom is 0.343 e. The van der Waals surface area contributed by atoms with Gasteiger partial charge in [-0.1, -0.05) is 18.1 Å². The van der Waals surface area contributed by atoms with Crippen LogP contribution in [0.4, 0.5) is 4.79 Å². The molecule has 0 N–H and O–H groups in total. The molecule has 0 radical (unpaired) electrons. The number of thioether (sulfide) groups is 1. The molecule has 0 spiro atoms. The minimum absolute atomic E-state index is 0.0394. The lowest BCUT2D eigenvalue weighted by molar-refractivity contribution is -0.142. The molecule has 2 amide bonds. The van der Waals surface area contributed by atoms with E-state index < -0.39 is 11.9 Å². The molecule has 1 aliphatic rings. The second-order valence-electron chi connectivity index (χ2n) is 4.41. The van der Waals surface area contributed by atoms with E-state index in [1.807, 2.05) is 0 Å². The predicted octanol–water partition coefficient (Wildman–Crippen LogP) is 1.91. The van der Waals surface area contributed by atoms with Gasteiger partial charge in [0.15, 0.2) is 6.61 Å². The second-order valence-corrected chi connectivity index (χ2v) is 5.40. The lowest BCUT2D eigenvalue weighted by Gasteiger charge is -2.06. The standard InChI is InChI=1S/C16H13NO5S/c1-3-8-17-15(19)13(23-16(17)20)9-11-4-6-12(7-5-11)22-10-14(18)21-2/h1,4-7,9H,8,10H2,2H3. The number of nitrogens with zero attached hydrogens (tertiary/aromatic N) is 1. The number of ether oxygens (including phenoxy) is 2. The van der Waals surface area contributed by atoms with E-state index in [4.69, 9.17) is 11.2 Å². The third-order valence-electron chi connectivity index (χ3n) is 2.89. The zero-order chi connectivity index (χ0) is 16.8. The van der Waals surface area contributed by atoms with Crippen molar-refractivity contribution in [3.63, 3.8) is 0 Å². The molecular weight excluding hydrogens is 318 g/mol. The Kier molecular flexibility index (Phi) is 5.44. The van der Waals surface area contributed by atoms with E-state index in [9.17, 15) is 14.4 Å². The predicted molar refractivity (Wildman–Crippen MR) is 85.5 cm³/mol. The lowest BCUT2D eigenvalue weighted by atomic mass is 10.2. The summed E-state index contributed by atoms with van der Waals surface area (Å²) in [6, 6.07) is 6.73. The maximum absolute atomic E-state index is 12.0. The molecule has 1 aliphatic heterocycles. The molecule has 1 aromatic carbocycles. The number of esters is 1. The average molecular weight is 331 g/mol. The molecule has 1 fully saturated rings. The quantitative estimate of drug-likeness (QED) is 0.466. The van der Waals surface area contributed by atoms with Crippen molar-refractivity contribution in [1.82, 2.24) is 4.90 Å². The molecule has 0 unspecified atom stereocenters. The highest BCUT2D eigenvalue weighted by molar-refractivity contribution is 8.18. The van der Waals surface area contributed by atoms with Crippen LogP contribution in [0.25, 0.3) is 6.08 Å². The van der Waals surface area contributed by atoms with Crippen LogP contribution in [0.3, 0.4) is 0 Å². The van der Waals surface area contributed by atoms with Crippen molar-refractivity contribution in [3.8, 4) is 18.1 Å². The number of rotatable bonds is 5. The van der Waals surface area contributed by atoms with Gasteiger partial charge in [-0.05, 0) is 35.5 Å². The second kappa shape index (κ2) is 7.51. The van der Waals surface area contributed by atoms with Crippen LogP contribution >= 0.6 is 11.8 Å². The Labute approximate surface area is 137 Å². The van der Waals surface area contributed by atoms with Crippen LogP contribution in [0, 0.1) is 12.3 Å². The third kappa shape index (κ3) is 4.14. The van der Waals surface area contributed by atoms with Gasteiger partial charge in [0, 0.05) is 0 Å². The Morgan fingerprint density at radius 3 is 2.65 bits per heavy atom. The third-order valence-corrected chi connectivity index (χ3v) is 3.79. The van der Waals surface area contributed by atoms with Gasteiger partial charge in [0.1, 0.15) is 5.75 Å². The van der Waals surface area contributed by atoms with Crippen LogP contribution < -0.4 is 4.74 Å². The first-order valence-electron chi connectivity index (χ1n) is 6.53. The number of benzene rings is 1. The molecule has 0 atom stereocenters. The number of imide groups is 1. The molecular formula is C16H13NO5S. The van der Waals surface area contributed by atoms with Gasteiger partial charge in [0.25, 0.3) is 11.1 Å². The number of methoxy groups -OCH3 is 1. The highest BCUT2D eigenvalue weighted by Gasteiger charge is 2.34. The van der Waals surface area contributed by atoms with Crippen molar-refractivity contribution in [2.24, 2.45) is 0 Å². The first kappa shape index (κ1) is 16.6. The van der Waals surface area contributed by atoms with Crippen LogP contribution in [0.1, 0.15) is 5.56 Å². The molecule has 0 aromatic heterocycles. The number of amides is 2. The zero-order valence-corrected chi connectivity index (χ0v) is 13.1. The van der Waals surface area contributed by atoms with Crippen LogP contribution in [0.15, 0.2) is 29.2 Å². The van der Waals surface area contributed by atoms with Crippen molar-refractivity contribution in [2.75, 3.05) is 20.3 Å². The van der Waals surface area contributed by atoms with Crippen molar-refractivity contribution >= 4 is 35.0 Å². The van der Waals surface area contributed by atoms with Crippen molar-refractivity contribution in [3.05, 3.63) is 34.7 Å². The summed E-state index contributed by atoms with van der Waals surface area (Å²) >= 11 is 0.848. The van der Waals surface area contributed by atoms with Crippen molar-refractivity contribution in [2.45, 2.75) is 0 Å². The van der Waals surface area contributed by atoms with Gasteiger partial charge in [0.05, 0.1) is 18.6 Å². The highest BCUT2D eigenvalue weighted by Crippen LogP contribution is 2.32. The summed E-state index contributed by atoms with van der Waals surface area (Å²) < 4.78 is 9.69. The van der Waals surface area contributed by atoms with Crippen LogP contribution in [-0.4, -0.2) is 42.3 Å². The summed E-state index contributed by atoms with van der Waals surface area (Å²) in [7, 11) is 1.28. The summed E-state index contributed by atoms with van der Waals surface area (Å²) in [5, 5.41) is -0.378. The molecule has 7 heteroatoms. The normalized spacial score (nSPS) is 15.7. The Morgan fingerprint density at radius 2 is 2.04 bits per heavy atom. The van der Waals surface area contributed by atoms with Gasteiger partial charge in [-0.25, -0.2) is 4.79 Å². The Hall–Kier alpha value is -2.72. The van der Waals surface area contributed by atoms with Gasteiger partial charge in [-0.15, -0.1) is 6.42 Å². The molecule has 0 bridgehead atoms. The fraction of sp³-hybridized carbons (Fsp3) is 0.188. The van der Waals surface area contributed by atoms with E-state index >= 15 is 0 Å². The summed E-state index contributed by atoms with van der Waals surface area (Å²) in [5.41, 5.74) is 0.724. The smallest absolute Gasteiger partial charge is 0.343 e. The molecule has 2 rings (SSSR count). The van der Waals surface area contributed by atoms with Gasteiger partial charge >= 0.3 is 5.97 Å². The number of hydrogen-bond donors (Lipinski definition) is 0. The van der Waals surface area contributed by atoms with Crippen molar-refractivity contribution < 1.29 is 23.9 Å². The monoisotopic (exact) mass is 331 g/mol. The number of carbonyl (C=O) groups is 3. The van der Waals surface area contributed by atoms with Gasteiger partial charge < -0.3 is 9.47 Å². The minimum Gasteiger partial charge on any atom is -0.482 e. The molecule has 23 heavy (non-hydrogen) atoms. The maximum atomic E-state index is 12.0. The van der Waals surface area contributed by atoms with E-state index in [0.29, 0.717) is 10.7 Å². The number of hydrogen-bond acceptors (Lipinski definition) is 6. The van der Waals surface area contributed by atoms with Crippen molar-refractivity contribution in [1.29, 1.82) is 0 Å². The fourth-order valence-corrected chi connectivity index (χ4v) is 2.58. The van der Waals surface area contributed by atoms with E-state index in [2.05, 4.69) is 10.7 Å². The van der Waals surface area contributed by atoms with E-state index in [0.717, 1.165) is 22.2 Å². The first-order valence-corrected chi connectivity index (χ1v) is 7.35. The molecule has 1 heterocycles. The summed E-state index contributed by atoms with van der Waals surface area (Å²) in [6.07, 6.45) is 6.74.